The van der Waals surface area contributed by atoms with Crippen molar-refractivity contribution in [3.63, 3.8) is 0 Å². The van der Waals surface area contributed by atoms with Crippen molar-refractivity contribution in [2.45, 2.75) is 55.6 Å². The number of benzene rings is 1. The van der Waals surface area contributed by atoms with Crippen molar-refractivity contribution in [2.24, 2.45) is 0 Å². The van der Waals surface area contributed by atoms with Gasteiger partial charge in [-0.05, 0) is 62.9 Å². The Labute approximate surface area is 169 Å². The molecule has 2 aromatic rings. The number of fused-ring (bicyclic) bond motifs is 1. The van der Waals surface area contributed by atoms with Crippen LogP contribution in [-0.4, -0.2) is 46.5 Å². The number of sulfonamides is 1. The number of hydrogen-bond acceptors (Lipinski definition) is 5. The van der Waals surface area contributed by atoms with E-state index in [1.807, 2.05) is 25.1 Å². The quantitative estimate of drug-likeness (QED) is 0.755. The fourth-order valence-electron chi connectivity index (χ4n) is 3.98. The van der Waals surface area contributed by atoms with Crippen molar-refractivity contribution < 1.29 is 18.0 Å². The molecular formula is C21H21N3O4S. The van der Waals surface area contributed by atoms with E-state index in [1.165, 1.54) is 12.1 Å². The van der Waals surface area contributed by atoms with Crippen LogP contribution >= 0.6 is 0 Å². The molecule has 5 rings (SSSR count). The van der Waals surface area contributed by atoms with Gasteiger partial charge in [-0.25, -0.2) is 12.7 Å². The molecule has 2 heterocycles. The van der Waals surface area contributed by atoms with Crippen molar-refractivity contribution in [3.05, 3.63) is 59.4 Å². The van der Waals surface area contributed by atoms with Gasteiger partial charge in [0.1, 0.15) is 4.90 Å². The molecule has 29 heavy (non-hydrogen) atoms. The highest BCUT2D eigenvalue weighted by Crippen LogP contribution is 2.40. The Morgan fingerprint density at radius 2 is 1.93 bits per heavy atom. The van der Waals surface area contributed by atoms with E-state index in [1.54, 1.807) is 17.2 Å². The van der Waals surface area contributed by atoms with E-state index >= 15 is 0 Å². The summed E-state index contributed by atoms with van der Waals surface area (Å²) in [6.45, 7) is 1.93. The minimum Gasteiger partial charge on any atom is -0.327 e. The highest BCUT2D eigenvalue weighted by atomic mass is 32.2. The Morgan fingerprint density at radius 3 is 2.55 bits per heavy atom. The van der Waals surface area contributed by atoms with Crippen LogP contribution in [0.5, 0.6) is 0 Å². The Morgan fingerprint density at radius 1 is 1.17 bits per heavy atom. The van der Waals surface area contributed by atoms with Crippen LogP contribution in [0.2, 0.25) is 0 Å². The summed E-state index contributed by atoms with van der Waals surface area (Å²) >= 11 is 0. The van der Waals surface area contributed by atoms with E-state index in [2.05, 4.69) is 4.98 Å². The molecule has 1 aliphatic heterocycles. The number of rotatable bonds is 5. The van der Waals surface area contributed by atoms with Crippen LogP contribution in [0.25, 0.3) is 0 Å². The molecule has 1 unspecified atom stereocenters. The highest BCUT2D eigenvalue weighted by Gasteiger charge is 2.49. The first-order chi connectivity index (χ1) is 13.9. The fourth-order valence-corrected chi connectivity index (χ4v) is 5.82. The average Bonchev–Trinajstić information content (AvgIpc) is 3.63. The van der Waals surface area contributed by atoms with Crippen LogP contribution in [0, 0.1) is 0 Å². The first-order valence-electron chi connectivity index (χ1n) is 9.86. The summed E-state index contributed by atoms with van der Waals surface area (Å²) in [6.07, 6.45) is 4.92. The van der Waals surface area contributed by atoms with Crippen LogP contribution in [0.15, 0.2) is 47.5 Å². The number of nitrogens with zero attached hydrogens (tertiary/aromatic N) is 3. The standard InChI is InChI=1S/C21H21N3O4S/c1-13(18-4-2-3-11-22-18)23(15-6-7-15)20(25)14-5-10-17-19(12-14)29(27,28)24(21(17)26)16-8-9-16/h2-5,10-13,15-16H,6-9H2,1H3. The topological polar surface area (TPSA) is 87.7 Å². The van der Waals surface area contributed by atoms with Crippen molar-refractivity contribution in [1.82, 2.24) is 14.2 Å². The molecule has 7 nitrogen and oxygen atoms in total. The van der Waals surface area contributed by atoms with E-state index < -0.39 is 15.9 Å². The molecule has 3 aliphatic rings. The molecule has 8 heteroatoms. The summed E-state index contributed by atoms with van der Waals surface area (Å²) < 4.78 is 26.8. The Kier molecular flexibility index (Phi) is 4.03. The molecule has 150 valence electrons. The third kappa shape index (κ3) is 2.93. The third-order valence-corrected chi connectivity index (χ3v) is 7.66. The lowest BCUT2D eigenvalue weighted by molar-refractivity contribution is 0.0669. The summed E-state index contributed by atoms with van der Waals surface area (Å²) in [6, 6.07) is 9.64. The molecule has 0 bridgehead atoms. The molecule has 1 aromatic carbocycles. The van der Waals surface area contributed by atoms with Gasteiger partial charge in [-0.1, -0.05) is 6.07 Å². The zero-order valence-electron chi connectivity index (χ0n) is 16.0. The largest absolute Gasteiger partial charge is 0.327 e. The van der Waals surface area contributed by atoms with Gasteiger partial charge in [-0.15, -0.1) is 0 Å². The van der Waals surface area contributed by atoms with Crippen LogP contribution in [0.4, 0.5) is 0 Å². The number of amides is 2. The third-order valence-electron chi connectivity index (χ3n) is 5.78. The van der Waals surface area contributed by atoms with Gasteiger partial charge >= 0.3 is 0 Å². The van der Waals surface area contributed by atoms with Gasteiger partial charge < -0.3 is 4.90 Å². The maximum absolute atomic E-state index is 13.4. The van der Waals surface area contributed by atoms with E-state index in [-0.39, 0.29) is 40.1 Å². The second-order valence-electron chi connectivity index (χ2n) is 7.92. The van der Waals surface area contributed by atoms with Crippen LogP contribution in [0.1, 0.15) is 65.1 Å². The van der Waals surface area contributed by atoms with Gasteiger partial charge in [0, 0.05) is 23.8 Å². The van der Waals surface area contributed by atoms with Gasteiger partial charge in [-0.2, -0.15) is 0 Å². The smallest absolute Gasteiger partial charge is 0.269 e. The minimum atomic E-state index is -3.89. The van der Waals surface area contributed by atoms with Gasteiger partial charge in [0.25, 0.3) is 21.8 Å². The Hall–Kier alpha value is -2.74. The monoisotopic (exact) mass is 411 g/mol. The minimum absolute atomic E-state index is 0.0542. The van der Waals surface area contributed by atoms with Crippen molar-refractivity contribution in [1.29, 1.82) is 0 Å². The van der Waals surface area contributed by atoms with Crippen molar-refractivity contribution in [2.75, 3.05) is 0 Å². The summed E-state index contributed by atoms with van der Waals surface area (Å²) in [5.74, 6) is -0.719. The maximum Gasteiger partial charge on any atom is 0.269 e. The molecule has 2 amide bonds. The molecule has 0 N–H and O–H groups in total. The molecule has 0 spiro atoms. The lowest BCUT2D eigenvalue weighted by Crippen LogP contribution is -2.36. The number of hydrogen-bond donors (Lipinski definition) is 0. The van der Waals surface area contributed by atoms with Crippen molar-refractivity contribution >= 4 is 21.8 Å². The predicted molar refractivity (Wildman–Crippen MR) is 105 cm³/mol. The lowest BCUT2D eigenvalue weighted by atomic mass is 10.1. The van der Waals surface area contributed by atoms with Crippen LogP contribution < -0.4 is 0 Å². The van der Waals surface area contributed by atoms with E-state index in [0.717, 1.165) is 22.8 Å². The maximum atomic E-state index is 13.4. The summed E-state index contributed by atoms with van der Waals surface area (Å²) in [5, 5.41) is 0. The molecule has 1 aromatic heterocycles. The summed E-state index contributed by atoms with van der Waals surface area (Å²) in [5.41, 5.74) is 1.23. The van der Waals surface area contributed by atoms with E-state index in [0.29, 0.717) is 12.8 Å². The second-order valence-corrected chi connectivity index (χ2v) is 9.71. The fraction of sp³-hybridized carbons (Fsp3) is 0.381. The molecule has 2 saturated carbocycles. The molecule has 2 fully saturated rings. The van der Waals surface area contributed by atoms with Gasteiger partial charge in [0.2, 0.25) is 0 Å². The van der Waals surface area contributed by atoms with E-state index in [9.17, 15) is 18.0 Å². The van der Waals surface area contributed by atoms with Gasteiger partial charge in [0.05, 0.1) is 17.3 Å². The highest BCUT2D eigenvalue weighted by molar-refractivity contribution is 7.90. The number of pyridine rings is 1. The Balaban J connectivity index is 1.51. The predicted octanol–water partition coefficient (Wildman–Crippen LogP) is 2.75. The van der Waals surface area contributed by atoms with Crippen LogP contribution in [0.3, 0.4) is 0 Å². The molecule has 0 radical (unpaired) electrons. The summed E-state index contributed by atoms with van der Waals surface area (Å²) in [4.78, 5) is 32.0. The lowest BCUT2D eigenvalue weighted by Gasteiger charge is -2.29. The molecule has 1 atom stereocenters. The normalized spacial score (nSPS) is 21.0. The van der Waals surface area contributed by atoms with Crippen molar-refractivity contribution in [3.8, 4) is 0 Å². The zero-order chi connectivity index (χ0) is 20.3. The second kappa shape index (κ2) is 6.38. The first kappa shape index (κ1) is 18.3. The average molecular weight is 411 g/mol. The van der Waals surface area contributed by atoms with Gasteiger partial charge in [0.15, 0.2) is 0 Å². The number of carbonyl (C=O) groups is 2. The number of carbonyl (C=O) groups excluding carboxylic acids is 2. The molecule has 2 aliphatic carbocycles. The molecular weight excluding hydrogens is 390 g/mol. The van der Waals surface area contributed by atoms with Crippen LogP contribution in [-0.2, 0) is 10.0 Å². The summed E-state index contributed by atoms with van der Waals surface area (Å²) in [7, 11) is -3.89. The number of aromatic nitrogens is 1. The molecule has 0 saturated heterocycles. The zero-order valence-corrected chi connectivity index (χ0v) is 16.8. The Bertz CT molecular complexity index is 1110. The van der Waals surface area contributed by atoms with E-state index in [4.69, 9.17) is 0 Å². The van der Waals surface area contributed by atoms with Gasteiger partial charge in [-0.3, -0.25) is 14.6 Å². The first-order valence-corrected chi connectivity index (χ1v) is 11.3. The SMILES string of the molecule is CC(c1ccccn1)N(C(=O)c1ccc2c(c1)S(=O)(=O)N(C1CC1)C2=O)C1CC1.